The van der Waals surface area contributed by atoms with Crippen LogP contribution < -0.4 is 4.74 Å². The first kappa shape index (κ1) is 22.3. The fraction of sp³-hybridized carbons (Fsp3) is 0.320. The summed E-state index contributed by atoms with van der Waals surface area (Å²) in [6.45, 7) is 7.42. The van der Waals surface area contributed by atoms with E-state index in [9.17, 15) is 9.59 Å². The number of hydrogen-bond acceptors (Lipinski definition) is 6. The zero-order chi connectivity index (χ0) is 22.6. The van der Waals surface area contributed by atoms with Crippen molar-refractivity contribution in [3.63, 3.8) is 0 Å². The molecule has 31 heavy (non-hydrogen) atoms. The molecule has 0 aliphatic carbocycles. The molecule has 0 saturated carbocycles. The predicted octanol–water partition coefficient (Wildman–Crippen LogP) is 4.97. The Morgan fingerprint density at radius 3 is 2.35 bits per heavy atom. The van der Waals surface area contributed by atoms with E-state index in [0.717, 1.165) is 28.5 Å². The number of ether oxygens (including phenoxy) is 3. The second kappa shape index (κ2) is 9.16. The van der Waals surface area contributed by atoms with Crippen LogP contribution in [0.15, 0.2) is 48.5 Å². The van der Waals surface area contributed by atoms with Crippen LogP contribution in [0.2, 0.25) is 0 Å². The Morgan fingerprint density at radius 1 is 1.03 bits per heavy atom. The van der Waals surface area contributed by atoms with Gasteiger partial charge in [0.15, 0.2) is 5.60 Å². The van der Waals surface area contributed by atoms with Crippen molar-refractivity contribution in [1.29, 1.82) is 0 Å². The fourth-order valence-electron chi connectivity index (χ4n) is 3.37. The normalized spacial score (nSPS) is 11.3. The molecule has 3 rings (SSSR count). The highest BCUT2D eigenvalue weighted by molar-refractivity contribution is 6.01. The Bertz CT molecular complexity index is 1100. The SMILES string of the molecule is CCOC(=O)C(C)(C)Oc1ccc(-c2nc3cccc(CC)c3cc2C(=O)OC)cc1. The molecule has 0 bridgehead atoms. The van der Waals surface area contributed by atoms with E-state index in [1.54, 1.807) is 45.0 Å². The number of fused-ring (bicyclic) bond motifs is 1. The summed E-state index contributed by atoms with van der Waals surface area (Å²) in [5, 5.41) is 0.935. The van der Waals surface area contributed by atoms with Crippen LogP contribution in [0.4, 0.5) is 0 Å². The van der Waals surface area contributed by atoms with Crippen molar-refractivity contribution in [2.45, 2.75) is 39.7 Å². The highest BCUT2D eigenvalue weighted by Crippen LogP contribution is 2.30. The molecule has 6 nitrogen and oxygen atoms in total. The lowest BCUT2D eigenvalue weighted by atomic mass is 9.99. The van der Waals surface area contributed by atoms with E-state index in [1.165, 1.54) is 7.11 Å². The summed E-state index contributed by atoms with van der Waals surface area (Å²) in [6.07, 6.45) is 0.835. The summed E-state index contributed by atoms with van der Waals surface area (Å²) in [5.41, 5.74) is 2.48. The summed E-state index contributed by atoms with van der Waals surface area (Å²) in [4.78, 5) is 29.3. The smallest absolute Gasteiger partial charge is 0.349 e. The summed E-state index contributed by atoms with van der Waals surface area (Å²) >= 11 is 0. The largest absolute Gasteiger partial charge is 0.476 e. The second-order valence-corrected chi connectivity index (χ2v) is 7.57. The van der Waals surface area contributed by atoms with Gasteiger partial charge in [-0.05, 0) is 69.2 Å². The Morgan fingerprint density at radius 2 is 1.74 bits per heavy atom. The number of carbonyl (C=O) groups excluding carboxylic acids is 2. The lowest BCUT2D eigenvalue weighted by molar-refractivity contribution is -0.158. The minimum Gasteiger partial charge on any atom is -0.476 e. The molecule has 3 aromatic rings. The maximum atomic E-state index is 12.5. The van der Waals surface area contributed by atoms with E-state index >= 15 is 0 Å². The number of benzene rings is 2. The lowest BCUT2D eigenvalue weighted by Crippen LogP contribution is -2.39. The zero-order valence-electron chi connectivity index (χ0n) is 18.5. The van der Waals surface area contributed by atoms with Gasteiger partial charge in [0.25, 0.3) is 0 Å². The molecule has 0 atom stereocenters. The first-order valence-corrected chi connectivity index (χ1v) is 10.3. The number of carbonyl (C=O) groups is 2. The molecule has 2 aromatic carbocycles. The number of rotatable bonds is 7. The highest BCUT2D eigenvalue weighted by atomic mass is 16.6. The number of nitrogens with zero attached hydrogens (tertiary/aromatic N) is 1. The molecule has 0 N–H and O–H groups in total. The fourth-order valence-corrected chi connectivity index (χ4v) is 3.37. The van der Waals surface area contributed by atoms with Crippen LogP contribution in [-0.2, 0) is 20.7 Å². The first-order chi connectivity index (χ1) is 14.8. The predicted molar refractivity (Wildman–Crippen MR) is 119 cm³/mol. The highest BCUT2D eigenvalue weighted by Gasteiger charge is 2.31. The standard InChI is InChI=1S/C25H27NO5/c1-6-16-9-8-10-21-19(16)15-20(23(27)29-5)22(26-21)17-11-13-18(14-12-17)31-25(3,4)24(28)30-7-2/h8-15H,6-7H2,1-5H3. The maximum absolute atomic E-state index is 12.5. The third-order valence-corrected chi connectivity index (χ3v) is 5.00. The molecule has 0 aliphatic rings. The summed E-state index contributed by atoms with van der Waals surface area (Å²) in [5.74, 6) is -0.371. The number of esters is 2. The number of hydrogen-bond donors (Lipinski definition) is 0. The van der Waals surface area contributed by atoms with Crippen molar-refractivity contribution < 1.29 is 23.8 Å². The van der Waals surface area contributed by atoms with Gasteiger partial charge in [0.05, 0.1) is 30.5 Å². The molecule has 0 aliphatic heterocycles. The Hall–Kier alpha value is -3.41. The van der Waals surface area contributed by atoms with Gasteiger partial charge in [-0.2, -0.15) is 0 Å². The third kappa shape index (κ3) is 4.68. The topological polar surface area (TPSA) is 74.7 Å². The molecule has 0 unspecified atom stereocenters. The van der Waals surface area contributed by atoms with Gasteiger partial charge < -0.3 is 14.2 Å². The average molecular weight is 421 g/mol. The maximum Gasteiger partial charge on any atom is 0.349 e. The number of aromatic nitrogens is 1. The van der Waals surface area contributed by atoms with Crippen LogP contribution >= 0.6 is 0 Å². The van der Waals surface area contributed by atoms with Gasteiger partial charge in [0.1, 0.15) is 5.75 Å². The molecule has 0 radical (unpaired) electrons. The van der Waals surface area contributed by atoms with E-state index < -0.39 is 17.5 Å². The van der Waals surface area contributed by atoms with E-state index in [4.69, 9.17) is 19.2 Å². The van der Waals surface area contributed by atoms with E-state index in [2.05, 4.69) is 6.92 Å². The van der Waals surface area contributed by atoms with Crippen LogP contribution in [0.1, 0.15) is 43.6 Å². The van der Waals surface area contributed by atoms with E-state index in [-0.39, 0.29) is 6.61 Å². The molecule has 1 aromatic heterocycles. The summed E-state index contributed by atoms with van der Waals surface area (Å²) in [7, 11) is 1.36. The third-order valence-electron chi connectivity index (χ3n) is 5.00. The van der Waals surface area contributed by atoms with Crippen molar-refractivity contribution in [3.8, 4) is 17.0 Å². The molecule has 6 heteroatoms. The van der Waals surface area contributed by atoms with E-state index in [0.29, 0.717) is 17.0 Å². The minimum atomic E-state index is -1.12. The van der Waals surface area contributed by atoms with Crippen molar-refractivity contribution in [3.05, 3.63) is 59.7 Å². The minimum absolute atomic E-state index is 0.286. The van der Waals surface area contributed by atoms with Crippen LogP contribution in [-0.4, -0.2) is 36.2 Å². The van der Waals surface area contributed by atoms with E-state index in [1.807, 2.05) is 24.3 Å². The Balaban J connectivity index is 2.01. The van der Waals surface area contributed by atoms with Gasteiger partial charge in [-0.3, -0.25) is 0 Å². The van der Waals surface area contributed by atoms with Gasteiger partial charge in [0, 0.05) is 10.9 Å². The van der Waals surface area contributed by atoms with Crippen LogP contribution in [0.3, 0.4) is 0 Å². The molecule has 0 fully saturated rings. The van der Waals surface area contributed by atoms with Crippen molar-refractivity contribution in [2.75, 3.05) is 13.7 Å². The van der Waals surface area contributed by atoms with Crippen molar-refractivity contribution >= 4 is 22.8 Å². The molecule has 0 saturated heterocycles. The molecule has 0 amide bonds. The van der Waals surface area contributed by atoms with Crippen molar-refractivity contribution in [2.24, 2.45) is 0 Å². The molecule has 1 heterocycles. The Kier molecular flexibility index (Phi) is 6.59. The van der Waals surface area contributed by atoms with Gasteiger partial charge in [-0.1, -0.05) is 19.1 Å². The van der Waals surface area contributed by atoms with Crippen LogP contribution in [0.5, 0.6) is 5.75 Å². The summed E-state index contributed by atoms with van der Waals surface area (Å²) in [6, 6.07) is 14.9. The van der Waals surface area contributed by atoms with Gasteiger partial charge >= 0.3 is 11.9 Å². The number of aryl methyl sites for hydroxylation is 1. The molecule has 0 spiro atoms. The molecule has 162 valence electrons. The summed E-state index contributed by atoms with van der Waals surface area (Å²) < 4.78 is 15.9. The van der Waals surface area contributed by atoms with Gasteiger partial charge in [-0.25, -0.2) is 14.6 Å². The van der Waals surface area contributed by atoms with Gasteiger partial charge in [-0.15, -0.1) is 0 Å². The number of methoxy groups -OCH3 is 1. The zero-order valence-corrected chi connectivity index (χ0v) is 18.5. The molecular weight excluding hydrogens is 394 g/mol. The quantitative estimate of drug-likeness (QED) is 0.502. The van der Waals surface area contributed by atoms with Crippen molar-refractivity contribution in [1.82, 2.24) is 4.98 Å². The Labute approximate surface area is 182 Å². The lowest BCUT2D eigenvalue weighted by Gasteiger charge is -2.24. The van der Waals surface area contributed by atoms with Crippen LogP contribution in [0.25, 0.3) is 22.2 Å². The monoisotopic (exact) mass is 421 g/mol. The molecular formula is C25H27NO5. The van der Waals surface area contributed by atoms with Crippen LogP contribution in [0, 0.1) is 0 Å². The first-order valence-electron chi connectivity index (χ1n) is 10.3. The average Bonchev–Trinajstić information content (AvgIpc) is 2.77. The second-order valence-electron chi connectivity index (χ2n) is 7.57. The number of pyridine rings is 1. The van der Waals surface area contributed by atoms with Gasteiger partial charge in [0.2, 0.25) is 0 Å².